The van der Waals surface area contributed by atoms with Gasteiger partial charge in [0.25, 0.3) is 5.56 Å². The highest BCUT2D eigenvalue weighted by atomic mass is 32.2. The lowest BCUT2D eigenvalue weighted by molar-refractivity contribution is -0.139. The van der Waals surface area contributed by atoms with Gasteiger partial charge in [-0.1, -0.05) is 6.07 Å². The maximum atomic E-state index is 13.4. The monoisotopic (exact) mass is 482 g/mol. The normalized spacial score (nSPS) is 20.2. The molecule has 2 aromatic rings. The van der Waals surface area contributed by atoms with Gasteiger partial charge in [-0.25, -0.2) is 13.1 Å². The summed E-state index contributed by atoms with van der Waals surface area (Å²) >= 11 is 0. The Bertz CT molecular complexity index is 1230. The Morgan fingerprint density at radius 2 is 1.70 bits per heavy atom. The number of aryl methyl sites for hydroxylation is 2. The molecule has 1 aliphatic heterocycles. The summed E-state index contributed by atoms with van der Waals surface area (Å²) in [6.07, 6.45) is -0.325. The molecule has 7 nitrogen and oxygen atoms in total. The molecular weight excluding hydrogens is 457 g/mol. The first kappa shape index (κ1) is 22.5. The predicted molar refractivity (Wildman–Crippen MR) is 114 cm³/mol. The summed E-state index contributed by atoms with van der Waals surface area (Å²) in [5, 5.41) is 4.18. The molecule has 0 bridgehead atoms. The maximum absolute atomic E-state index is 13.4. The average molecular weight is 483 g/mol. The molecule has 2 heterocycles. The smallest absolute Gasteiger partial charge is 0.282 e. The summed E-state index contributed by atoms with van der Waals surface area (Å²) < 4.78 is 68.6. The van der Waals surface area contributed by atoms with Crippen LogP contribution in [0.2, 0.25) is 0 Å². The number of aromatic nitrogens is 2. The van der Waals surface area contributed by atoms with Crippen molar-refractivity contribution in [2.45, 2.75) is 55.8 Å². The summed E-state index contributed by atoms with van der Waals surface area (Å²) in [5.74, 6) is -0.0349. The molecule has 0 unspecified atom stereocenters. The van der Waals surface area contributed by atoms with E-state index < -0.39 is 27.3 Å². The topological polar surface area (TPSA) is 75.5 Å². The molecule has 11 heteroatoms. The second kappa shape index (κ2) is 8.21. The van der Waals surface area contributed by atoms with E-state index in [9.17, 15) is 26.4 Å². The summed E-state index contributed by atoms with van der Waals surface area (Å²) in [6.45, 7) is 0.890. The average Bonchev–Trinajstić information content (AvgIpc) is 3.51. The Labute approximate surface area is 189 Å². The number of nitrogens with zero attached hydrogens (tertiary/aromatic N) is 4. The van der Waals surface area contributed by atoms with Crippen molar-refractivity contribution in [2.24, 2.45) is 0 Å². The number of hydrogen-bond acceptors (Lipinski definition) is 5. The molecule has 5 rings (SSSR count). The minimum atomic E-state index is -4.74. The number of hydrogen-bond donors (Lipinski definition) is 0. The quantitative estimate of drug-likeness (QED) is 0.655. The van der Waals surface area contributed by atoms with E-state index in [0.29, 0.717) is 18.8 Å². The number of sulfonamides is 1. The number of alkyl halides is 3. The van der Waals surface area contributed by atoms with Crippen LogP contribution in [0.15, 0.2) is 34.0 Å². The zero-order valence-electron chi connectivity index (χ0n) is 18.0. The number of benzene rings is 1. The lowest BCUT2D eigenvalue weighted by Gasteiger charge is -2.34. The van der Waals surface area contributed by atoms with Crippen molar-refractivity contribution in [3.05, 3.63) is 57.0 Å². The summed E-state index contributed by atoms with van der Waals surface area (Å²) in [7, 11) is -3.65. The fraction of sp³-hybridized carbons (Fsp3) is 0.545. The third-order valence-electron chi connectivity index (χ3n) is 6.67. The minimum absolute atomic E-state index is 0.0349. The molecule has 1 aromatic heterocycles. The van der Waals surface area contributed by atoms with Crippen LogP contribution in [0.3, 0.4) is 0 Å². The van der Waals surface area contributed by atoms with Crippen LogP contribution in [0.25, 0.3) is 0 Å². The van der Waals surface area contributed by atoms with E-state index in [1.54, 1.807) is 17.0 Å². The van der Waals surface area contributed by atoms with Crippen LogP contribution in [0.5, 0.6) is 0 Å². The van der Waals surface area contributed by atoms with E-state index in [1.807, 2.05) is 6.07 Å². The largest absolute Gasteiger partial charge is 0.421 e. The van der Waals surface area contributed by atoms with E-state index in [4.69, 9.17) is 0 Å². The molecule has 33 heavy (non-hydrogen) atoms. The number of rotatable bonds is 5. The van der Waals surface area contributed by atoms with Gasteiger partial charge in [0.2, 0.25) is 10.0 Å². The van der Waals surface area contributed by atoms with E-state index in [-0.39, 0.29) is 30.6 Å². The second-order valence-electron chi connectivity index (χ2n) is 9.01. The van der Waals surface area contributed by atoms with Gasteiger partial charge in [0.1, 0.15) is 5.56 Å². The van der Waals surface area contributed by atoms with Gasteiger partial charge < -0.3 is 0 Å². The molecule has 2 aliphatic carbocycles. The minimum Gasteiger partial charge on any atom is -0.282 e. The molecule has 178 valence electrons. The predicted octanol–water partition coefficient (Wildman–Crippen LogP) is 2.59. The Hall–Kier alpha value is -2.24. The van der Waals surface area contributed by atoms with Crippen LogP contribution >= 0.6 is 0 Å². The zero-order valence-corrected chi connectivity index (χ0v) is 18.8. The van der Waals surface area contributed by atoms with Gasteiger partial charge in [0.05, 0.1) is 17.3 Å². The molecule has 1 saturated heterocycles. The SMILES string of the molecule is O=c1c(C(F)(F)F)cc(C2CC2)nn1CN1CCN(S(=O)(=O)c2ccc3c(c2)CCC3)CC1. The molecular formula is C22H25F3N4O3S. The molecule has 0 radical (unpaired) electrons. The second-order valence-corrected chi connectivity index (χ2v) is 10.9. The van der Waals surface area contributed by atoms with Gasteiger partial charge in [0.15, 0.2) is 0 Å². The van der Waals surface area contributed by atoms with Gasteiger partial charge in [-0.2, -0.15) is 22.6 Å². The van der Waals surface area contributed by atoms with Crippen LogP contribution in [0.4, 0.5) is 13.2 Å². The van der Waals surface area contributed by atoms with Gasteiger partial charge in [0, 0.05) is 32.1 Å². The Morgan fingerprint density at radius 1 is 1.00 bits per heavy atom. The summed E-state index contributed by atoms with van der Waals surface area (Å²) in [6, 6.07) is 6.17. The molecule has 0 amide bonds. The first-order chi connectivity index (χ1) is 15.6. The fourth-order valence-electron chi connectivity index (χ4n) is 4.60. The standard InChI is InChI=1S/C22H25F3N4O3S/c23-22(24,25)19-13-20(16-4-5-16)26-29(21(19)30)14-27-8-10-28(11-9-27)33(31,32)18-7-6-15-2-1-3-17(15)12-18/h6-7,12-13,16H,1-5,8-11,14H2. The van der Waals surface area contributed by atoms with E-state index in [1.165, 1.54) is 9.87 Å². The highest BCUT2D eigenvalue weighted by molar-refractivity contribution is 7.89. The van der Waals surface area contributed by atoms with E-state index >= 15 is 0 Å². The molecule has 1 saturated carbocycles. The Balaban J connectivity index is 1.30. The van der Waals surface area contributed by atoms with Crippen molar-refractivity contribution in [1.29, 1.82) is 0 Å². The van der Waals surface area contributed by atoms with Gasteiger partial charge in [-0.05, 0) is 61.4 Å². The van der Waals surface area contributed by atoms with Gasteiger partial charge in [-0.3, -0.25) is 9.69 Å². The third kappa shape index (κ3) is 4.45. The molecule has 2 fully saturated rings. The Kier molecular flexibility index (Phi) is 5.61. The lowest BCUT2D eigenvalue weighted by Crippen LogP contribution is -2.50. The zero-order chi connectivity index (χ0) is 23.4. The van der Waals surface area contributed by atoms with E-state index in [0.717, 1.165) is 48.4 Å². The van der Waals surface area contributed by atoms with Crippen molar-refractivity contribution in [2.75, 3.05) is 26.2 Å². The molecule has 0 atom stereocenters. The first-order valence-electron chi connectivity index (χ1n) is 11.2. The fourth-order valence-corrected chi connectivity index (χ4v) is 6.07. The van der Waals surface area contributed by atoms with Crippen molar-refractivity contribution >= 4 is 10.0 Å². The number of halogens is 3. The molecule has 0 spiro atoms. The van der Waals surface area contributed by atoms with Crippen LogP contribution in [0.1, 0.15) is 47.6 Å². The van der Waals surface area contributed by atoms with E-state index in [2.05, 4.69) is 5.10 Å². The molecule has 1 aromatic carbocycles. The summed E-state index contributed by atoms with van der Waals surface area (Å²) in [5.41, 5.74) is 0.205. The maximum Gasteiger partial charge on any atom is 0.421 e. The van der Waals surface area contributed by atoms with Crippen LogP contribution in [0, 0.1) is 0 Å². The number of fused-ring (bicyclic) bond motifs is 1. The van der Waals surface area contributed by atoms with Gasteiger partial charge in [-0.15, -0.1) is 0 Å². The van der Waals surface area contributed by atoms with Crippen molar-refractivity contribution in [3.8, 4) is 0 Å². The highest BCUT2D eigenvalue weighted by Gasteiger charge is 2.38. The number of piperazine rings is 1. The Morgan fingerprint density at radius 3 is 2.36 bits per heavy atom. The highest BCUT2D eigenvalue weighted by Crippen LogP contribution is 2.40. The lowest BCUT2D eigenvalue weighted by atomic mass is 10.1. The van der Waals surface area contributed by atoms with Crippen LogP contribution < -0.4 is 5.56 Å². The van der Waals surface area contributed by atoms with Crippen LogP contribution in [-0.2, 0) is 35.7 Å². The molecule has 3 aliphatic rings. The van der Waals surface area contributed by atoms with Crippen molar-refractivity contribution in [1.82, 2.24) is 19.0 Å². The third-order valence-corrected chi connectivity index (χ3v) is 8.56. The first-order valence-corrected chi connectivity index (χ1v) is 12.6. The van der Waals surface area contributed by atoms with Crippen molar-refractivity contribution < 1.29 is 21.6 Å². The molecule has 0 N–H and O–H groups in total. The summed E-state index contributed by atoms with van der Waals surface area (Å²) in [4.78, 5) is 14.5. The van der Waals surface area contributed by atoms with Crippen molar-refractivity contribution in [3.63, 3.8) is 0 Å². The van der Waals surface area contributed by atoms with Crippen LogP contribution in [-0.4, -0.2) is 53.6 Å². The van der Waals surface area contributed by atoms with Gasteiger partial charge >= 0.3 is 6.18 Å².